The third kappa shape index (κ3) is 3.11. The highest BCUT2D eigenvalue weighted by Gasteiger charge is 2.38. The van der Waals surface area contributed by atoms with Crippen LogP contribution in [-0.2, 0) is 24.2 Å². The molecule has 1 atom stereocenters. The average Bonchev–Trinajstić information content (AvgIpc) is 3.29. The van der Waals surface area contributed by atoms with E-state index in [1.165, 1.54) is 15.3 Å². The number of rotatable bonds is 5. The van der Waals surface area contributed by atoms with Crippen LogP contribution < -0.4 is 5.32 Å². The minimum absolute atomic E-state index is 0.0957. The predicted octanol–water partition coefficient (Wildman–Crippen LogP) is 2.33. The van der Waals surface area contributed by atoms with Crippen LogP contribution >= 0.6 is 22.7 Å². The number of fused-ring (bicyclic) bond motifs is 1. The van der Waals surface area contributed by atoms with E-state index in [1.54, 1.807) is 11.3 Å². The minimum Gasteiger partial charge on any atom is -0.325 e. The fraction of sp³-hybridized carbons (Fsp3) is 0.412. The van der Waals surface area contributed by atoms with Gasteiger partial charge in [-0.25, -0.2) is 4.79 Å². The molecule has 5 nitrogen and oxygen atoms in total. The normalized spacial score (nSPS) is 21.2. The van der Waals surface area contributed by atoms with Gasteiger partial charge in [0.15, 0.2) is 0 Å². The van der Waals surface area contributed by atoms with Gasteiger partial charge in [0.05, 0.1) is 0 Å². The Morgan fingerprint density at radius 2 is 2.08 bits per heavy atom. The van der Waals surface area contributed by atoms with Crippen LogP contribution in [0.15, 0.2) is 29.0 Å². The number of hydrogen-bond donors (Lipinski definition) is 1. The van der Waals surface area contributed by atoms with Crippen molar-refractivity contribution in [2.45, 2.75) is 25.4 Å². The Hall–Kier alpha value is -1.70. The maximum atomic E-state index is 12.5. The molecule has 3 amide bonds. The molecule has 7 heteroatoms. The summed E-state index contributed by atoms with van der Waals surface area (Å²) in [6, 6.07) is 5.47. The quantitative estimate of drug-likeness (QED) is 0.832. The van der Waals surface area contributed by atoms with E-state index in [0.29, 0.717) is 13.0 Å². The SMILES string of the molecule is O=C1NC(Cc2cccs2)C(=O)N1CCN1CCc2sccc2C1. The largest absolute Gasteiger partial charge is 0.325 e. The van der Waals surface area contributed by atoms with Gasteiger partial charge < -0.3 is 5.32 Å². The Bertz CT molecular complexity index is 741. The van der Waals surface area contributed by atoms with Crippen LogP contribution in [0.4, 0.5) is 4.79 Å². The molecular formula is C17H19N3O2S2. The molecule has 126 valence electrons. The number of nitrogens with one attached hydrogen (secondary N) is 1. The van der Waals surface area contributed by atoms with Crippen molar-refractivity contribution in [1.82, 2.24) is 15.1 Å². The number of thiophene rings is 2. The molecule has 2 aromatic rings. The first-order valence-electron chi connectivity index (χ1n) is 8.12. The highest BCUT2D eigenvalue weighted by Crippen LogP contribution is 2.24. The molecule has 4 rings (SSSR count). The van der Waals surface area contributed by atoms with Crippen LogP contribution in [0.25, 0.3) is 0 Å². The summed E-state index contributed by atoms with van der Waals surface area (Å²) < 4.78 is 0. The average molecular weight is 361 g/mol. The number of imide groups is 1. The van der Waals surface area contributed by atoms with E-state index in [4.69, 9.17) is 0 Å². The number of nitrogens with zero attached hydrogens (tertiary/aromatic N) is 2. The van der Waals surface area contributed by atoms with Gasteiger partial charge in [-0.3, -0.25) is 14.6 Å². The van der Waals surface area contributed by atoms with Gasteiger partial charge in [0, 0.05) is 42.4 Å². The molecule has 1 saturated heterocycles. The Balaban J connectivity index is 1.33. The van der Waals surface area contributed by atoms with E-state index in [2.05, 4.69) is 21.7 Å². The number of hydrogen-bond acceptors (Lipinski definition) is 5. The summed E-state index contributed by atoms with van der Waals surface area (Å²) in [5, 5.41) is 6.95. The Kier molecular flexibility index (Phi) is 4.39. The van der Waals surface area contributed by atoms with Crippen LogP contribution in [0.3, 0.4) is 0 Å². The molecule has 4 heterocycles. The van der Waals surface area contributed by atoms with Gasteiger partial charge in [-0.2, -0.15) is 0 Å². The van der Waals surface area contributed by atoms with Crippen molar-refractivity contribution in [1.29, 1.82) is 0 Å². The highest BCUT2D eigenvalue weighted by molar-refractivity contribution is 7.10. The summed E-state index contributed by atoms with van der Waals surface area (Å²) in [5.41, 5.74) is 1.39. The summed E-state index contributed by atoms with van der Waals surface area (Å²) in [4.78, 5) is 30.9. The van der Waals surface area contributed by atoms with E-state index >= 15 is 0 Å². The molecule has 0 spiro atoms. The third-order valence-corrected chi connectivity index (χ3v) is 6.54. The summed E-state index contributed by atoms with van der Waals surface area (Å²) in [6.45, 7) is 3.11. The molecule has 1 fully saturated rings. The summed E-state index contributed by atoms with van der Waals surface area (Å²) in [5.74, 6) is -0.0957. The molecule has 0 aromatic carbocycles. The monoisotopic (exact) mass is 361 g/mol. The zero-order chi connectivity index (χ0) is 16.5. The first-order chi connectivity index (χ1) is 11.7. The first kappa shape index (κ1) is 15.8. The van der Waals surface area contributed by atoms with Crippen LogP contribution in [0.5, 0.6) is 0 Å². The van der Waals surface area contributed by atoms with Gasteiger partial charge in [0.1, 0.15) is 6.04 Å². The summed E-state index contributed by atoms with van der Waals surface area (Å²) in [6.07, 6.45) is 1.65. The third-order valence-electron chi connectivity index (χ3n) is 4.62. The van der Waals surface area contributed by atoms with Crippen molar-refractivity contribution in [2.24, 2.45) is 0 Å². The topological polar surface area (TPSA) is 52.7 Å². The fourth-order valence-corrected chi connectivity index (χ4v) is 4.94. The maximum Gasteiger partial charge on any atom is 0.324 e. The van der Waals surface area contributed by atoms with E-state index in [-0.39, 0.29) is 11.9 Å². The zero-order valence-electron chi connectivity index (χ0n) is 13.2. The molecule has 2 aromatic heterocycles. The second kappa shape index (κ2) is 6.66. The molecule has 0 bridgehead atoms. The van der Waals surface area contributed by atoms with Gasteiger partial charge in [-0.1, -0.05) is 6.07 Å². The zero-order valence-corrected chi connectivity index (χ0v) is 14.9. The number of carbonyl (C=O) groups is 2. The molecule has 0 saturated carbocycles. The molecular weight excluding hydrogens is 342 g/mol. The van der Waals surface area contributed by atoms with E-state index < -0.39 is 6.04 Å². The molecule has 1 N–H and O–H groups in total. The smallest absolute Gasteiger partial charge is 0.324 e. The second-order valence-corrected chi connectivity index (χ2v) is 8.20. The Morgan fingerprint density at radius 3 is 2.92 bits per heavy atom. The molecule has 2 aliphatic rings. The predicted molar refractivity (Wildman–Crippen MR) is 95.4 cm³/mol. The number of carbonyl (C=O) groups excluding carboxylic acids is 2. The van der Waals surface area contributed by atoms with Crippen molar-refractivity contribution >= 4 is 34.6 Å². The first-order valence-corrected chi connectivity index (χ1v) is 9.88. The van der Waals surface area contributed by atoms with Crippen molar-refractivity contribution in [2.75, 3.05) is 19.6 Å². The van der Waals surface area contributed by atoms with Crippen LogP contribution in [0.1, 0.15) is 15.3 Å². The van der Waals surface area contributed by atoms with Crippen LogP contribution in [-0.4, -0.2) is 47.4 Å². The van der Waals surface area contributed by atoms with Gasteiger partial charge in [-0.15, -0.1) is 22.7 Å². The lowest BCUT2D eigenvalue weighted by Gasteiger charge is -2.28. The van der Waals surface area contributed by atoms with Crippen molar-refractivity contribution in [3.05, 3.63) is 44.3 Å². The number of urea groups is 1. The van der Waals surface area contributed by atoms with Gasteiger partial charge >= 0.3 is 6.03 Å². The van der Waals surface area contributed by atoms with E-state index in [1.807, 2.05) is 28.8 Å². The second-order valence-electron chi connectivity index (χ2n) is 6.17. The maximum absolute atomic E-state index is 12.5. The summed E-state index contributed by atoms with van der Waals surface area (Å²) in [7, 11) is 0. The van der Waals surface area contributed by atoms with Crippen molar-refractivity contribution in [3.8, 4) is 0 Å². The highest BCUT2D eigenvalue weighted by atomic mass is 32.1. The molecule has 0 radical (unpaired) electrons. The van der Waals surface area contributed by atoms with Crippen molar-refractivity contribution < 1.29 is 9.59 Å². The van der Waals surface area contributed by atoms with E-state index in [0.717, 1.165) is 30.9 Å². The lowest BCUT2D eigenvalue weighted by molar-refractivity contribution is -0.127. The summed E-state index contributed by atoms with van der Waals surface area (Å²) >= 11 is 3.43. The lowest BCUT2D eigenvalue weighted by atomic mass is 10.1. The minimum atomic E-state index is -0.416. The molecule has 1 unspecified atom stereocenters. The molecule has 24 heavy (non-hydrogen) atoms. The molecule has 0 aliphatic carbocycles. The Labute approximate surface area is 148 Å². The fourth-order valence-electron chi connectivity index (χ4n) is 3.30. The molecule has 2 aliphatic heterocycles. The van der Waals surface area contributed by atoms with Gasteiger partial charge in [-0.05, 0) is 34.9 Å². The lowest BCUT2D eigenvalue weighted by Crippen LogP contribution is -2.40. The van der Waals surface area contributed by atoms with Gasteiger partial charge in [0.25, 0.3) is 5.91 Å². The van der Waals surface area contributed by atoms with Crippen LogP contribution in [0, 0.1) is 0 Å². The van der Waals surface area contributed by atoms with Crippen LogP contribution in [0.2, 0.25) is 0 Å². The van der Waals surface area contributed by atoms with Crippen molar-refractivity contribution in [3.63, 3.8) is 0 Å². The standard InChI is InChI=1S/C17H19N3O2S2/c21-16-14(10-13-2-1-8-23-13)18-17(22)20(16)7-6-19-5-3-15-12(11-19)4-9-24-15/h1-2,4,8-9,14H,3,5-7,10-11H2,(H,18,22). The van der Waals surface area contributed by atoms with E-state index in [9.17, 15) is 9.59 Å². The Morgan fingerprint density at radius 1 is 1.17 bits per heavy atom. The van der Waals surface area contributed by atoms with Gasteiger partial charge in [0.2, 0.25) is 0 Å². The number of amides is 3.